The molecule has 1 aliphatic heterocycles. The third-order valence-electron chi connectivity index (χ3n) is 1.31. The Bertz CT molecular complexity index is 226. The molecule has 4 nitrogen and oxygen atoms in total. The van der Waals surface area contributed by atoms with Gasteiger partial charge in [-0.25, -0.2) is 4.99 Å². The van der Waals surface area contributed by atoms with E-state index in [1.54, 1.807) is 18.5 Å². The molecule has 60 valence electrons. The van der Waals surface area contributed by atoms with Crippen LogP contribution in [0.1, 0.15) is 0 Å². The van der Waals surface area contributed by atoms with Crippen LogP contribution in [0.3, 0.4) is 0 Å². The van der Waals surface area contributed by atoms with E-state index < -0.39 is 4.99 Å². The van der Waals surface area contributed by atoms with Crippen LogP contribution in [0.2, 0.25) is 0 Å². The molecule has 5 heteroatoms. The summed E-state index contributed by atoms with van der Waals surface area (Å²) in [6.07, 6.45) is 5.75. The highest BCUT2D eigenvalue weighted by Gasteiger charge is 2.27. The molecule has 1 atom stereocenters. The van der Waals surface area contributed by atoms with Gasteiger partial charge in [-0.1, -0.05) is 0 Å². The Balaban J connectivity index is 2.88. The quantitative estimate of drug-likeness (QED) is 0.559. The average Bonchev–Trinajstić information content (AvgIpc) is 2.04. The molecule has 0 bridgehead atoms. The Labute approximate surface area is 68.9 Å². The average molecular weight is 171 g/mol. The van der Waals surface area contributed by atoms with Crippen LogP contribution in [-0.2, 0) is 4.79 Å². The number of nitrogens with two attached hydrogens (primary N) is 1. The topological polar surface area (TPSA) is 67.5 Å². The Hall–Kier alpha value is -0.970. The minimum absolute atomic E-state index is 0.366. The lowest BCUT2D eigenvalue weighted by Gasteiger charge is -2.24. The Kier molecular flexibility index (Phi) is 2.19. The maximum Gasteiger partial charge on any atom is 0.235 e. The van der Waals surface area contributed by atoms with Gasteiger partial charge < -0.3 is 11.1 Å². The molecule has 1 unspecified atom stereocenters. The van der Waals surface area contributed by atoms with E-state index in [4.69, 9.17) is 5.73 Å². The van der Waals surface area contributed by atoms with Crippen molar-refractivity contribution in [2.45, 2.75) is 4.99 Å². The number of carbonyl (C=O) groups excluding carboxylic acids is 1. The monoisotopic (exact) mass is 171 g/mol. The molecule has 0 amide bonds. The van der Waals surface area contributed by atoms with Crippen molar-refractivity contribution < 1.29 is 4.79 Å². The van der Waals surface area contributed by atoms with Gasteiger partial charge in [0.2, 0.25) is 4.99 Å². The first-order valence-corrected chi connectivity index (χ1v) is 4.26. The van der Waals surface area contributed by atoms with Crippen LogP contribution in [0.5, 0.6) is 0 Å². The van der Waals surface area contributed by atoms with Crippen molar-refractivity contribution in [2.75, 3.05) is 6.26 Å². The summed E-state index contributed by atoms with van der Waals surface area (Å²) in [6.45, 7) is 0. The molecule has 1 aliphatic rings. The van der Waals surface area contributed by atoms with Crippen LogP contribution in [0.25, 0.3) is 0 Å². The molecule has 0 radical (unpaired) electrons. The van der Waals surface area contributed by atoms with E-state index in [0.29, 0.717) is 5.84 Å². The molecule has 0 fully saturated rings. The SMILES string of the molecule is CSC1(C=O)N=C(N)C=CN1. The number of rotatable bonds is 2. The maximum absolute atomic E-state index is 10.6. The van der Waals surface area contributed by atoms with Crippen LogP contribution < -0.4 is 11.1 Å². The van der Waals surface area contributed by atoms with Gasteiger partial charge in [0.05, 0.1) is 0 Å². The molecule has 0 aromatic carbocycles. The van der Waals surface area contributed by atoms with Crippen LogP contribution in [-0.4, -0.2) is 23.4 Å². The van der Waals surface area contributed by atoms with Crippen LogP contribution in [0, 0.1) is 0 Å². The fraction of sp³-hybridized carbons (Fsp3) is 0.333. The standard InChI is InChI=1S/C6H9N3OS/c1-11-6(4-10)8-3-2-5(7)9-6/h2-4,8H,1H3,(H2,7,9). The van der Waals surface area contributed by atoms with Crippen molar-refractivity contribution >= 4 is 23.9 Å². The number of carbonyl (C=O) groups is 1. The molecule has 0 aliphatic carbocycles. The lowest BCUT2D eigenvalue weighted by molar-refractivity contribution is -0.110. The van der Waals surface area contributed by atoms with Crippen molar-refractivity contribution in [3.05, 3.63) is 12.3 Å². The number of aldehydes is 1. The summed E-state index contributed by atoms with van der Waals surface area (Å²) in [6, 6.07) is 0. The second-order valence-corrected chi connectivity index (χ2v) is 3.06. The highest BCUT2D eigenvalue weighted by atomic mass is 32.2. The minimum Gasteiger partial charge on any atom is -0.384 e. The highest BCUT2D eigenvalue weighted by Crippen LogP contribution is 2.20. The van der Waals surface area contributed by atoms with Crippen LogP contribution in [0.4, 0.5) is 0 Å². The number of hydrogen-bond acceptors (Lipinski definition) is 5. The summed E-state index contributed by atoms with van der Waals surface area (Å²) in [5.41, 5.74) is 5.41. The van der Waals surface area contributed by atoms with E-state index in [1.165, 1.54) is 11.8 Å². The molecule has 0 aromatic rings. The van der Waals surface area contributed by atoms with Crippen molar-refractivity contribution in [2.24, 2.45) is 10.7 Å². The number of amidine groups is 1. The maximum atomic E-state index is 10.6. The number of aliphatic imine (C=N–C) groups is 1. The third kappa shape index (κ3) is 1.54. The zero-order valence-corrected chi connectivity index (χ0v) is 6.89. The van der Waals surface area contributed by atoms with Crippen molar-refractivity contribution in [3.8, 4) is 0 Å². The van der Waals surface area contributed by atoms with E-state index >= 15 is 0 Å². The van der Waals surface area contributed by atoms with Gasteiger partial charge in [-0.3, -0.25) is 4.79 Å². The molecule has 0 saturated carbocycles. The van der Waals surface area contributed by atoms with E-state index in [1.807, 2.05) is 0 Å². The van der Waals surface area contributed by atoms with Gasteiger partial charge in [0.25, 0.3) is 0 Å². The van der Waals surface area contributed by atoms with E-state index in [2.05, 4.69) is 10.3 Å². The summed E-state index contributed by atoms with van der Waals surface area (Å²) < 4.78 is 0. The van der Waals surface area contributed by atoms with Crippen molar-refractivity contribution in [3.63, 3.8) is 0 Å². The van der Waals surface area contributed by atoms with Crippen molar-refractivity contribution in [1.82, 2.24) is 5.32 Å². The Morgan fingerprint density at radius 2 is 2.64 bits per heavy atom. The van der Waals surface area contributed by atoms with Gasteiger partial charge in [0.15, 0.2) is 6.29 Å². The lowest BCUT2D eigenvalue weighted by Crippen LogP contribution is -2.42. The highest BCUT2D eigenvalue weighted by molar-refractivity contribution is 8.00. The van der Waals surface area contributed by atoms with Crippen molar-refractivity contribution in [1.29, 1.82) is 0 Å². The van der Waals surface area contributed by atoms with Gasteiger partial charge in [-0.15, -0.1) is 11.8 Å². The largest absolute Gasteiger partial charge is 0.384 e. The normalized spacial score (nSPS) is 29.0. The molecule has 0 spiro atoms. The number of thioether (sulfide) groups is 1. The predicted octanol–water partition coefficient (Wildman–Crippen LogP) is -0.324. The molecule has 11 heavy (non-hydrogen) atoms. The van der Waals surface area contributed by atoms with Gasteiger partial charge in [0, 0.05) is 6.20 Å². The number of nitrogens with zero attached hydrogens (tertiary/aromatic N) is 1. The molecule has 1 rings (SSSR count). The predicted molar refractivity (Wildman–Crippen MR) is 46.2 cm³/mol. The fourth-order valence-corrected chi connectivity index (χ4v) is 1.20. The summed E-state index contributed by atoms with van der Waals surface area (Å²) in [7, 11) is 0. The molecular formula is C6H9N3OS. The Morgan fingerprint density at radius 3 is 3.00 bits per heavy atom. The second kappa shape index (κ2) is 2.96. The van der Waals surface area contributed by atoms with Gasteiger partial charge >= 0.3 is 0 Å². The van der Waals surface area contributed by atoms with Crippen LogP contribution >= 0.6 is 11.8 Å². The summed E-state index contributed by atoms with van der Waals surface area (Å²) in [4.78, 5) is 13.6. The summed E-state index contributed by atoms with van der Waals surface area (Å²) in [5, 5.41) is 2.81. The van der Waals surface area contributed by atoms with E-state index in [9.17, 15) is 4.79 Å². The second-order valence-electron chi connectivity index (χ2n) is 2.03. The zero-order valence-electron chi connectivity index (χ0n) is 6.07. The van der Waals surface area contributed by atoms with Gasteiger partial charge in [0.1, 0.15) is 5.84 Å². The van der Waals surface area contributed by atoms with E-state index in [0.717, 1.165) is 6.29 Å². The molecule has 3 N–H and O–H groups in total. The zero-order chi connectivity index (χ0) is 8.32. The molecular weight excluding hydrogens is 162 g/mol. The smallest absolute Gasteiger partial charge is 0.235 e. The first-order chi connectivity index (χ1) is 5.22. The lowest BCUT2D eigenvalue weighted by atomic mass is 10.4. The summed E-state index contributed by atoms with van der Waals surface area (Å²) in [5.74, 6) is 0.366. The first kappa shape index (κ1) is 8.13. The molecule has 1 heterocycles. The van der Waals surface area contributed by atoms with Gasteiger partial charge in [-0.2, -0.15) is 0 Å². The van der Waals surface area contributed by atoms with Crippen LogP contribution in [0.15, 0.2) is 17.3 Å². The third-order valence-corrected chi connectivity index (χ3v) is 2.24. The minimum atomic E-state index is -0.904. The first-order valence-electron chi connectivity index (χ1n) is 3.03. The number of nitrogens with one attached hydrogen (secondary N) is 1. The Morgan fingerprint density at radius 1 is 1.91 bits per heavy atom. The summed E-state index contributed by atoms with van der Waals surface area (Å²) >= 11 is 1.30. The van der Waals surface area contributed by atoms with Gasteiger partial charge in [-0.05, 0) is 12.3 Å². The molecule has 0 saturated heterocycles. The molecule has 0 aromatic heterocycles. The van der Waals surface area contributed by atoms with E-state index in [-0.39, 0.29) is 0 Å². The fourth-order valence-electron chi connectivity index (χ4n) is 0.721. The number of hydrogen-bond donors (Lipinski definition) is 2.